The van der Waals surface area contributed by atoms with Gasteiger partial charge in [-0.05, 0) is 18.0 Å². The lowest BCUT2D eigenvalue weighted by molar-refractivity contribution is -0.130. The minimum Gasteiger partial charge on any atom is -0.383 e. The van der Waals surface area contributed by atoms with Crippen molar-refractivity contribution in [2.24, 2.45) is 0 Å². The third-order valence-electron chi connectivity index (χ3n) is 3.07. The van der Waals surface area contributed by atoms with E-state index in [9.17, 15) is 4.79 Å². The maximum Gasteiger partial charge on any atom is 0.236 e. The summed E-state index contributed by atoms with van der Waals surface area (Å²) in [6.07, 6.45) is 0. The van der Waals surface area contributed by atoms with Crippen LogP contribution in [0.3, 0.4) is 0 Å². The Bertz CT molecular complexity index is 610. The summed E-state index contributed by atoms with van der Waals surface area (Å²) in [7, 11) is 3.50. The first-order valence-electron chi connectivity index (χ1n) is 6.43. The fourth-order valence-electron chi connectivity index (χ4n) is 1.81. The molecule has 0 saturated carbocycles. The normalized spacial score (nSPS) is 11.2. The number of hydrogen-bond donors (Lipinski definition) is 1. The van der Waals surface area contributed by atoms with Crippen LogP contribution in [0.2, 0.25) is 0 Å². The number of thiophene rings is 1. The van der Waals surface area contributed by atoms with E-state index in [-0.39, 0.29) is 5.91 Å². The summed E-state index contributed by atoms with van der Waals surface area (Å²) in [4.78, 5) is 25.0. The summed E-state index contributed by atoms with van der Waals surface area (Å²) in [6.45, 7) is 3.64. The average Bonchev–Trinajstić information content (AvgIpc) is 2.86. The Labute approximate surface area is 122 Å². The number of likely N-dealkylation sites (N-methyl/N-ethyl adjacent to an activating group) is 2. The van der Waals surface area contributed by atoms with Gasteiger partial charge in [0.05, 0.1) is 18.5 Å². The highest BCUT2D eigenvalue weighted by Crippen LogP contribution is 2.23. The molecule has 0 aliphatic rings. The SMILES string of the molecule is CCN(CC(=O)N(C)C)Cc1nc(N)c2ccsc2n1. The van der Waals surface area contributed by atoms with E-state index in [1.807, 2.05) is 23.3 Å². The van der Waals surface area contributed by atoms with Crippen molar-refractivity contribution in [3.63, 3.8) is 0 Å². The van der Waals surface area contributed by atoms with E-state index >= 15 is 0 Å². The second kappa shape index (κ2) is 6.15. The molecule has 0 saturated heterocycles. The summed E-state index contributed by atoms with van der Waals surface area (Å²) >= 11 is 1.54. The number of nitrogen functional groups attached to an aromatic ring is 1. The highest BCUT2D eigenvalue weighted by Gasteiger charge is 2.14. The van der Waals surface area contributed by atoms with Crippen molar-refractivity contribution >= 4 is 33.3 Å². The van der Waals surface area contributed by atoms with Crippen LogP contribution in [0.1, 0.15) is 12.7 Å². The molecule has 0 unspecified atom stereocenters. The number of nitrogens with zero attached hydrogens (tertiary/aromatic N) is 4. The van der Waals surface area contributed by atoms with Crippen molar-refractivity contribution in [3.05, 3.63) is 17.3 Å². The Hall–Kier alpha value is -1.73. The first-order valence-corrected chi connectivity index (χ1v) is 7.31. The molecule has 108 valence electrons. The van der Waals surface area contributed by atoms with Crippen LogP contribution >= 0.6 is 11.3 Å². The second-order valence-corrected chi connectivity index (χ2v) is 5.65. The lowest BCUT2D eigenvalue weighted by Crippen LogP contribution is -2.36. The number of aromatic nitrogens is 2. The van der Waals surface area contributed by atoms with Crippen LogP contribution in [0, 0.1) is 0 Å². The summed E-state index contributed by atoms with van der Waals surface area (Å²) in [6, 6.07) is 1.92. The van der Waals surface area contributed by atoms with Crippen molar-refractivity contribution < 1.29 is 4.79 Å². The largest absolute Gasteiger partial charge is 0.383 e. The Morgan fingerprint density at radius 1 is 1.40 bits per heavy atom. The number of rotatable bonds is 5. The van der Waals surface area contributed by atoms with Gasteiger partial charge in [0.1, 0.15) is 16.5 Å². The van der Waals surface area contributed by atoms with E-state index in [0.717, 1.165) is 16.8 Å². The van der Waals surface area contributed by atoms with Crippen LogP contribution in [-0.2, 0) is 11.3 Å². The van der Waals surface area contributed by atoms with Gasteiger partial charge in [0.2, 0.25) is 5.91 Å². The zero-order chi connectivity index (χ0) is 14.7. The second-order valence-electron chi connectivity index (χ2n) is 4.76. The monoisotopic (exact) mass is 293 g/mol. The van der Waals surface area contributed by atoms with Crippen LogP contribution in [0.5, 0.6) is 0 Å². The predicted octanol–water partition coefficient (Wildman–Crippen LogP) is 1.18. The van der Waals surface area contributed by atoms with Gasteiger partial charge >= 0.3 is 0 Å². The number of carbonyl (C=O) groups is 1. The Morgan fingerprint density at radius 3 is 2.80 bits per heavy atom. The topological polar surface area (TPSA) is 75.4 Å². The van der Waals surface area contributed by atoms with Gasteiger partial charge in [0, 0.05) is 14.1 Å². The molecule has 6 nitrogen and oxygen atoms in total. The van der Waals surface area contributed by atoms with Gasteiger partial charge in [-0.3, -0.25) is 9.69 Å². The fourth-order valence-corrected chi connectivity index (χ4v) is 2.60. The number of fused-ring (bicyclic) bond motifs is 1. The minimum absolute atomic E-state index is 0.0667. The highest BCUT2D eigenvalue weighted by atomic mass is 32.1. The van der Waals surface area contributed by atoms with Crippen LogP contribution in [-0.4, -0.2) is 52.9 Å². The van der Waals surface area contributed by atoms with E-state index in [1.165, 1.54) is 0 Å². The van der Waals surface area contributed by atoms with Crippen LogP contribution in [0.25, 0.3) is 10.2 Å². The smallest absolute Gasteiger partial charge is 0.236 e. The molecular formula is C13H19N5OS. The van der Waals surface area contributed by atoms with Gasteiger partial charge in [-0.2, -0.15) is 0 Å². The van der Waals surface area contributed by atoms with Crippen molar-refractivity contribution in [2.45, 2.75) is 13.5 Å². The molecule has 0 aliphatic carbocycles. The molecule has 0 atom stereocenters. The molecule has 20 heavy (non-hydrogen) atoms. The van der Waals surface area contributed by atoms with Gasteiger partial charge < -0.3 is 10.6 Å². The first kappa shape index (κ1) is 14.7. The van der Waals surface area contributed by atoms with Crippen LogP contribution in [0.4, 0.5) is 5.82 Å². The molecular weight excluding hydrogens is 274 g/mol. The van der Waals surface area contributed by atoms with Crippen molar-refractivity contribution in [1.29, 1.82) is 0 Å². The number of nitrogens with two attached hydrogens (primary N) is 1. The molecule has 0 spiro atoms. The van der Waals surface area contributed by atoms with E-state index in [2.05, 4.69) is 9.97 Å². The molecule has 0 aromatic carbocycles. The summed E-state index contributed by atoms with van der Waals surface area (Å²) in [5.41, 5.74) is 5.93. The van der Waals surface area contributed by atoms with E-state index in [4.69, 9.17) is 5.73 Å². The summed E-state index contributed by atoms with van der Waals surface area (Å²) < 4.78 is 0. The molecule has 7 heteroatoms. The molecule has 0 aliphatic heterocycles. The minimum atomic E-state index is 0.0667. The van der Waals surface area contributed by atoms with Gasteiger partial charge in [-0.25, -0.2) is 9.97 Å². The Balaban J connectivity index is 2.14. The number of carbonyl (C=O) groups excluding carboxylic acids is 1. The number of hydrogen-bond acceptors (Lipinski definition) is 6. The molecule has 0 fully saturated rings. The van der Waals surface area contributed by atoms with E-state index in [0.29, 0.717) is 24.7 Å². The molecule has 0 bridgehead atoms. The quantitative estimate of drug-likeness (QED) is 0.896. The predicted molar refractivity (Wildman–Crippen MR) is 81.5 cm³/mol. The van der Waals surface area contributed by atoms with E-state index in [1.54, 1.807) is 30.3 Å². The molecule has 2 rings (SSSR count). The lowest BCUT2D eigenvalue weighted by atomic mass is 10.3. The van der Waals surface area contributed by atoms with Crippen molar-refractivity contribution in [1.82, 2.24) is 19.8 Å². The Kier molecular flexibility index (Phi) is 4.51. The van der Waals surface area contributed by atoms with Crippen molar-refractivity contribution in [2.75, 3.05) is 32.9 Å². The third kappa shape index (κ3) is 3.23. The molecule has 2 aromatic heterocycles. The fraction of sp³-hybridized carbons (Fsp3) is 0.462. The lowest BCUT2D eigenvalue weighted by Gasteiger charge is -2.21. The average molecular weight is 293 g/mol. The molecule has 2 N–H and O–H groups in total. The molecule has 1 amide bonds. The van der Waals surface area contributed by atoms with Gasteiger partial charge in [-0.15, -0.1) is 11.3 Å². The van der Waals surface area contributed by atoms with Gasteiger partial charge in [0.15, 0.2) is 0 Å². The maximum absolute atomic E-state index is 11.8. The molecule has 2 heterocycles. The van der Waals surface area contributed by atoms with Gasteiger partial charge in [0.25, 0.3) is 0 Å². The van der Waals surface area contributed by atoms with E-state index < -0.39 is 0 Å². The third-order valence-corrected chi connectivity index (χ3v) is 3.88. The highest BCUT2D eigenvalue weighted by molar-refractivity contribution is 7.16. The Morgan fingerprint density at radius 2 is 2.15 bits per heavy atom. The molecule has 2 aromatic rings. The van der Waals surface area contributed by atoms with Gasteiger partial charge in [-0.1, -0.05) is 6.92 Å². The number of amides is 1. The standard InChI is InChI=1S/C13H19N5OS/c1-4-18(8-11(19)17(2)3)7-10-15-12(14)9-5-6-20-13(9)16-10/h5-6H,4,7-8H2,1-3H3,(H2,14,15,16). The van der Waals surface area contributed by atoms with Crippen molar-refractivity contribution in [3.8, 4) is 0 Å². The summed E-state index contributed by atoms with van der Waals surface area (Å²) in [5, 5.41) is 2.85. The number of anilines is 1. The zero-order valence-corrected chi connectivity index (χ0v) is 12.8. The molecule has 0 radical (unpaired) electrons. The first-order chi connectivity index (χ1) is 9.51. The van der Waals surface area contributed by atoms with Crippen LogP contribution in [0.15, 0.2) is 11.4 Å². The zero-order valence-electron chi connectivity index (χ0n) is 12.0. The maximum atomic E-state index is 11.8. The van der Waals surface area contributed by atoms with Crippen LogP contribution < -0.4 is 5.73 Å². The summed E-state index contributed by atoms with van der Waals surface area (Å²) in [5.74, 6) is 1.23.